The summed E-state index contributed by atoms with van der Waals surface area (Å²) in [7, 11) is 1.73. The molecule has 0 atom stereocenters. The molecule has 3 aromatic carbocycles. The van der Waals surface area contributed by atoms with E-state index in [-0.39, 0.29) is 11.7 Å². The summed E-state index contributed by atoms with van der Waals surface area (Å²) in [5.74, 6) is 1.30. The number of nitrogens with zero attached hydrogens (tertiary/aromatic N) is 5. The minimum absolute atomic E-state index is 0.0811. The molecule has 2 N–H and O–H groups in total. The first kappa shape index (κ1) is 20.3. The zero-order chi connectivity index (χ0) is 22.6. The number of aromatic amines is 1. The lowest BCUT2D eigenvalue weighted by Gasteiger charge is -2.15. The van der Waals surface area contributed by atoms with Gasteiger partial charge in [0.25, 0.3) is 5.91 Å². The van der Waals surface area contributed by atoms with Gasteiger partial charge >= 0.3 is 0 Å². The van der Waals surface area contributed by atoms with Crippen LogP contribution in [0.1, 0.15) is 16.2 Å². The summed E-state index contributed by atoms with van der Waals surface area (Å²) in [6.45, 7) is 0.466. The van der Waals surface area contributed by atoms with E-state index in [1.165, 1.54) is 0 Å². The summed E-state index contributed by atoms with van der Waals surface area (Å²) in [5.41, 5.74) is 2.73. The van der Waals surface area contributed by atoms with Gasteiger partial charge in [-0.2, -0.15) is 4.98 Å². The normalized spacial score (nSPS) is 10.8. The number of hydrogen-bond acceptors (Lipinski definition) is 6. The topological polar surface area (TPSA) is 99.7 Å². The molecular formula is C25H21N7O. The van der Waals surface area contributed by atoms with E-state index >= 15 is 0 Å². The fourth-order valence-electron chi connectivity index (χ4n) is 3.51. The lowest BCUT2D eigenvalue weighted by atomic mass is 10.2. The largest absolute Gasteiger partial charge is 0.335 e. The van der Waals surface area contributed by atoms with Gasteiger partial charge in [-0.1, -0.05) is 72.8 Å². The third-order valence-electron chi connectivity index (χ3n) is 5.16. The van der Waals surface area contributed by atoms with Crippen LogP contribution in [0.5, 0.6) is 0 Å². The molecule has 33 heavy (non-hydrogen) atoms. The van der Waals surface area contributed by atoms with Crippen LogP contribution in [0.15, 0.2) is 84.9 Å². The highest BCUT2D eigenvalue weighted by molar-refractivity contribution is 5.93. The third kappa shape index (κ3) is 4.40. The highest BCUT2D eigenvalue weighted by Gasteiger charge is 2.18. The van der Waals surface area contributed by atoms with Gasteiger partial charge in [0.15, 0.2) is 5.82 Å². The summed E-state index contributed by atoms with van der Waals surface area (Å²) >= 11 is 0. The van der Waals surface area contributed by atoms with Crippen molar-refractivity contribution in [2.24, 2.45) is 0 Å². The van der Waals surface area contributed by atoms with Gasteiger partial charge in [-0.3, -0.25) is 4.79 Å². The van der Waals surface area contributed by atoms with Crippen molar-refractivity contribution in [3.8, 4) is 11.4 Å². The van der Waals surface area contributed by atoms with Crippen LogP contribution in [0.4, 0.5) is 11.8 Å². The Labute approximate surface area is 190 Å². The van der Waals surface area contributed by atoms with Crippen molar-refractivity contribution in [3.63, 3.8) is 0 Å². The van der Waals surface area contributed by atoms with Crippen LogP contribution in [0.25, 0.3) is 22.3 Å². The lowest BCUT2D eigenvalue weighted by Crippen LogP contribution is -2.27. The zero-order valence-electron chi connectivity index (χ0n) is 17.9. The third-order valence-corrected chi connectivity index (χ3v) is 5.16. The van der Waals surface area contributed by atoms with Crippen LogP contribution < -0.4 is 5.32 Å². The van der Waals surface area contributed by atoms with Gasteiger partial charge < -0.3 is 10.2 Å². The predicted molar refractivity (Wildman–Crippen MR) is 127 cm³/mol. The number of carbonyl (C=O) groups excluding carboxylic acids is 1. The van der Waals surface area contributed by atoms with Gasteiger partial charge in [0.05, 0.1) is 5.52 Å². The van der Waals surface area contributed by atoms with Crippen LogP contribution >= 0.6 is 0 Å². The molecule has 162 valence electrons. The summed E-state index contributed by atoms with van der Waals surface area (Å²) in [6.07, 6.45) is 0. The van der Waals surface area contributed by atoms with Crippen molar-refractivity contribution in [1.82, 2.24) is 30.0 Å². The van der Waals surface area contributed by atoms with Gasteiger partial charge in [-0.05, 0) is 17.7 Å². The van der Waals surface area contributed by atoms with Gasteiger partial charge in [-0.15, -0.1) is 5.10 Å². The number of carbonyl (C=O) groups is 1. The number of fused-ring (bicyclic) bond motifs is 1. The van der Waals surface area contributed by atoms with E-state index in [1.807, 2.05) is 84.9 Å². The highest BCUT2D eigenvalue weighted by atomic mass is 16.2. The van der Waals surface area contributed by atoms with Crippen molar-refractivity contribution in [1.29, 1.82) is 0 Å². The van der Waals surface area contributed by atoms with Crippen molar-refractivity contribution >= 4 is 28.6 Å². The molecule has 2 aromatic heterocycles. The molecule has 0 unspecified atom stereocenters. The average Bonchev–Trinajstić information content (AvgIpc) is 3.33. The Morgan fingerprint density at radius 3 is 2.36 bits per heavy atom. The Bertz CT molecular complexity index is 1400. The maximum absolute atomic E-state index is 12.8. The van der Waals surface area contributed by atoms with Gasteiger partial charge in [0.1, 0.15) is 5.82 Å². The summed E-state index contributed by atoms with van der Waals surface area (Å²) < 4.78 is 0. The number of nitrogens with one attached hydrogen (secondary N) is 2. The molecule has 0 aliphatic carbocycles. The molecule has 0 saturated heterocycles. The Kier molecular flexibility index (Phi) is 5.47. The van der Waals surface area contributed by atoms with E-state index in [0.717, 1.165) is 22.0 Å². The van der Waals surface area contributed by atoms with Crippen molar-refractivity contribution in [2.75, 3.05) is 12.4 Å². The molecule has 0 fully saturated rings. The zero-order valence-corrected chi connectivity index (χ0v) is 17.9. The molecule has 5 rings (SSSR count). The van der Waals surface area contributed by atoms with Crippen molar-refractivity contribution in [2.45, 2.75) is 6.54 Å². The second kappa shape index (κ2) is 8.88. The number of para-hydroxylation sites is 1. The second-order valence-electron chi connectivity index (χ2n) is 7.56. The molecule has 1 amide bonds. The molecule has 0 radical (unpaired) electrons. The number of anilines is 2. The van der Waals surface area contributed by atoms with E-state index in [4.69, 9.17) is 4.98 Å². The van der Waals surface area contributed by atoms with Crippen LogP contribution in [0, 0.1) is 0 Å². The first-order valence-corrected chi connectivity index (χ1v) is 10.5. The first-order valence-electron chi connectivity index (χ1n) is 10.5. The SMILES string of the molecule is CN(Cc1ccccc1)C(=O)c1n[nH]c(Nc2nc(-c3ccccc3)nc3ccccc23)n1. The smallest absolute Gasteiger partial charge is 0.293 e. The minimum Gasteiger partial charge on any atom is -0.335 e. The Morgan fingerprint density at radius 2 is 1.58 bits per heavy atom. The second-order valence-corrected chi connectivity index (χ2v) is 7.56. The summed E-state index contributed by atoms with van der Waals surface area (Å²) in [6, 6.07) is 27.3. The van der Waals surface area contributed by atoms with Crippen LogP contribution in [0.3, 0.4) is 0 Å². The molecule has 0 saturated carbocycles. The number of aromatic nitrogens is 5. The quantitative estimate of drug-likeness (QED) is 0.409. The van der Waals surface area contributed by atoms with Crippen LogP contribution in [-0.2, 0) is 6.54 Å². The predicted octanol–water partition coefficient (Wildman–Crippen LogP) is 4.43. The molecule has 0 bridgehead atoms. The maximum Gasteiger partial charge on any atom is 0.293 e. The van der Waals surface area contributed by atoms with Crippen molar-refractivity contribution in [3.05, 3.63) is 96.3 Å². The van der Waals surface area contributed by atoms with E-state index in [2.05, 4.69) is 25.5 Å². The number of H-pyrrole nitrogens is 1. The fraction of sp³-hybridized carbons (Fsp3) is 0.0800. The van der Waals surface area contributed by atoms with E-state index in [9.17, 15) is 4.79 Å². The molecule has 0 aliphatic rings. The number of hydrogen-bond donors (Lipinski definition) is 2. The maximum atomic E-state index is 12.8. The lowest BCUT2D eigenvalue weighted by molar-refractivity contribution is 0.0773. The Hall–Kier alpha value is -4.59. The number of benzene rings is 3. The molecule has 0 aliphatic heterocycles. The van der Waals surface area contributed by atoms with Gasteiger partial charge in [0, 0.05) is 24.5 Å². The highest BCUT2D eigenvalue weighted by Crippen LogP contribution is 2.26. The van der Waals surface area contributed by atoms with Gasteiger partial charge in [-0.25, -0.2) is 15.1 Å². The standard InChI is InChI=1S/C25H21N7O/c1-32(16-17-10-4-2-5-11-17)24(33)23-29-25(31-30-23)28-22-19-14-8-9-15-20(19)26-21(27-22)18-12-6-3-7-13-18/h2-15H,16H2,1H3,(H2,26,27,28,29,30,31). The molecule has 2 heterocycles. The molecule has 0 spiro atoms. The summed E-state index contributed by atoms with van der Waals surface area (Å²) in [4.78, 5) is 28.1. The minimum atomic E-state index is -0.277. The van der Waals surface area contributed by atoms with Crippen LogP contribution in [-0.4, -0.2) is 43.0 Å². The van der Waals surface area contributed by atoms with Gasteiger partial charge in [0.2, 0.25) is 11.8 Å². The van der Waals surface area contributed by atoms with Crippen LogP contribution in [0.2, 0.25) is 0 Å². The monoisotopic (exact) mass is 435 g/mol. The Balaban J connectivity index is 1.41. The summed E-state index contributed by atoms with van der Waals surface area (Å²) in [5, 5.41) is 10.9. The Morgan fingerprint density at radius 1 is 0.879 bits per heavy atom. The van der Waals surface area contributed by atoms with E-state index in [0.29, 0.717) is 24.1 Å². The molecule has 5 aromatic rings. The van der Waals surface area contributed by atoms with Crippen molar-refractivity contribution < 1.29 is 4.79 Å². The molecule has 8 heteroatoms. The molecular weight excluding hydrogens is 414 g/mol. The number of amides is 1. The fourth-order valence-corrected chi connectivity index (χ4v) is 3.51. The number of rotatable bonds is 6. The molecule has 8 nitrogen and oxygen atoms in total. The average molecular weight is 435 g/mol. The van der Waals surface area contributed by atoms with E-state index in [1.54, 1.807) is 11.9 Å². The first-order chi connectivity index (χ1) is 16.2. The van der Waals surface area contributed by atoms with E-state index < -0.39 is 0 Å².